The van der Waals surface area contributed by atoms with E-state index in [1.165, 1.54) is 16.7 Å². The number of carbonyl (C=O) groups excluding carboxylic acids is 4. The summed E-state index contributed by atoms with van der Waals surface area (Å²) >= 11 is 0. The molecular weight excluding hydrogens is 486 g/mol. The van der Waals surface area contributed by atoms with Crippen LogP contribution in [0.2, 0.25) is 0 Å². The SMILES string of the molecule is CC(=O)N1C=C(c2ccccc2)N(CC(=O)N[C@@H](Cc2ccccc2)C(O)C(=O)OC(C)C)C(=O)C1(C)C. The second-order valence-electron chi connectivity index (χ2n) is 10.0. The third kappa shape index (κ3) is 6.66. The number of carbonyl (C=O) groups is 4. The van der Waals surface area contributed by atoms with Crippen LogP contribution in [-0.2, 0) is 30.3 Å². The third-order valence-electron chi connectivity index (χ3n) is 6.24. The van der Waals surface area contributed by atoms with Crippen molar-refractivity contribution in [3.8, 4) is 0 Å². The van der Waals surface area contributed by atoms with Crippen molar-refractivity contribution in [3.05, 3.63) is 78.0 Å². The van der Waals surface area contributed by atoms with Gasteiger partial charge in [0.15, 0.2) is 6.10 Å². The van der Waals surface area contributed by atoms with Crippen molar-refractivity contribution in [2.24, 2.45) is 0 Å². The second-order valence-corrected chi connectivity index (χ2v) is 10.0. The molecule has 0 aromatic heterocycles. The molecule has 0 saturated heterocycles. The first-order valence-corrected chi connectivity index (χ1v) is 12.5. The lowest BCUT2D eigenvalue weighted by molar-refractivity contribution is -0.159. The Hall–Kier alpha value is -3.98. The van der Waals surface area contributed by atoms with E-state index in [9.17, 15) is 24.3 Å². The monoisotopic (exact) mass is 521 g/mol. The maximum Gasteiger partial charge on any atom is 0.337 e. The number of aliphatic hydroxyl groups excluding tert-OH is 1. The molecule has 9 nitrogen and oxygen atoms in total. The molecule has 3 rings (SSSR count). The number of aliphatic hydroxyl groups is 1. The highest BCUT2D eigenvalue weighted by atomic mass is 16.6. The van der Waals surface area contributed by atoms with Gasteiger partial charge in [0.2, 0.25) is 11.8 Å². The summed E-state index contributed by atoms with van der Waals surface area (Å²) in [5.41, 5.74) is 0.608. The molecule has 0 fully saturated rings. The van der Waals surface area contributed by atoms with Crippen LogP contribution in [0.5, 0.6) is 0 Å². The van der Waals surface area contributed by atoms with Crippen molar-refractivity contribution in [2.75, 3.05) is 6.54 Å². The average Bonchev–Trinajstić information content (AvgIpc) is 2.86. The van der Waals surface area contributed by atoms with Crippen LogP contribution < -0.4 is 5.32 Å². The van der Waals surface area contributed by atoms with Gasteiger partial charge in [-0.1, -0.05) is 60.7 Å². The lowest BCUT2D eigenvalue weighted by Crippen LogP contribution is -2.60. The number of nitrogens with one attached hydrogen (secondary N) is 1. The van der Waals surface area contributed by atoms with E-state index in [1.54, 1.807) is 58.2 Å². The molecule has 1 heterocycles. The van der Waals surface area contributed by atoms with Crippen LogP contribution in [0.1, 0.15) is 45.7 Å². The summed E-state index contributed by atoms with van der Waals surface area (Å²) < 4.78 is 5.16. The zero-order valence-corrected chi connectivity index (χ0v) is 22.4. The minimum absolute atomic E-state index is 0.167. The lowest BCUT2D eigenvalue weighted by Gasteiger charge is -2.44. The minimum atomic E-state index is -1.62. The van der Waals surface area contributed by atoms with Crippen LogP contribution in [0.4, 0.5) is 0 Å². The Morgan fingerprint density at radius 1 is 1.00 bits per heavy atom. The summed E-state index contributed by atoms with van der Waals surface area (Å²) in [6.07, 6.45) is -0.323. The summed E-state index contributed by atoms with van der Waals surface area (Å²) in [6.45, 7) is 7.56. The van der Waals surface area contributed by atoms with E-state index in [4.69, 9.17) is 4.74 Å². The molecule has 1 unspecified atom stereocenters. The Kier molecular flexibility index (Phi) is 9.06. The van der Waals surface area contributed by atoms with E-state index in [1.807, 2.05) is 36.4 Å². The normalized spacial score (nSPS) is 16.5. The summed E-state index contributed by atoms with van der Waals surface area (Å²) in [5.74, 6) is -2.18. The quantitative estimate of drug-likeness (QED) is 0.490. The van der Waals surface area contributed by atoms with Gasteiger partial charge >= 0.3 is 5.97 Å². The molecular formula is C29H35N3O6. The molecule has 0 spiro atoms. The number of nitrogens with zero attached hydrogens (tertiary/aromatic N) is 2. The smallest absolute Gasteiger partial charge is 0.337 e. The molecule has 1 aliphatic heterocycles. The molecule has 3 amide bonds. The van der Waals surface area contributed by atoms with Crippen molar-refractivity contribution < 1.29 is 29.0 Å². The Balaban J connectivity index is 1.90. The number of hydrogen-bond acceptors (Lipinski definition) is 6. The van der Waals surface area contributed by atoms with Gasteiger partial charge in [-0.3, -0.25) is 19.3 Å². The Morgan fingerprint density at radius 2 is 1.58 bits per heavy atom. The van der Waals surface area contributed by atoms with Gasteiger partial charge in [0.1, 0.15) is 12.1 Å². The van der Waals surface area contributed by atoms with Gasteiger partial charge in [0.05, 0.1) is 17.8 Å². The third-order valence-corrected chi connectivity index (χ3v) is 6.24. The highest BCUT2D eigenvalue weighted by Gasteiger charge is 2.44. The number of rotatable bonds is 9. The first-order valence-electron chi connectivity index (χ1n) is 12.5. The number of amides is 3. The number of hydrogen-bond donors (Lipinski definition) is 2. The summed E-state index contributed by atoms with van der Waals surface area (Å²) in [5, 5.41) is 13.5. The highest BCUT2D eigenvalue weighted by molar-refractivity contribution is 6.01. The van der Waals surface area contributed by atoms with E-state index < -0.39 is 41.6 Å². The Labute approximate surface area is 223 Å². The molecule has 0 bridgehead atoms. The average molecular weight is 522 g/mol. The maximum atomic E-state index is 13.6. The fourth-order valence-corrected chi connectivity index (χ4v) is 4.35. The van der Waals surface area contributed by atoms with Crippen LogP contribution in [0, 0.1) is 0 Å². The minimum Gasteiger partial charge on any atom is -0.461 e. The largest absolute Gasteiger partial charge is 0.461 e. The summed E-state index contributed by atoms with van der Waals surface area (Å²) in [7, 11) is 0. The molecule has 1 aliphatic rings. The van der Waals surface area contributed by atoms with E-state index in [2.05, 4.69) is 5.32 Å². The standard InChI is InChI=1S/C29H35N3O6/c1-19(2)38-27(36)26(35)23(16-21-12-8-6-9-13-21)30-25(34)18-31-24(22-14-10-7-11-15-22)17-32(20(3)33)29(4,5)28(31)37/h6-15,17,19,23,26,35H,16,18H2,1-5H3,(H,30,34)/t23-,26?/m0/s1. The predicted molar refractivity (Wildman–Crippen MR) is 142 cm³/mol. The predicted octanol–water partition coefficient (Wildman–Crippen LogP) is 2.49. The van der Waals surface area contributed by atoms with Gasteiger partial charge in [0.25, 0.3) is 5.91 Å². The van der Waals surface area contributed by atoms with Crippen molar-refractivity contribution in [1.29, 1.82) is 0 Å². The zero-order valence-electron chi connectivity index (χ0n) is 22.4. The molecule has 2 aromatic rings. The molecule has 0 saturated carbocycles. The first-order chi connectivity index (χ1) is 17.9. The number of ether oxygens (including phenoxy) is 1. The van der Waals surface area contributed by atoms with Crippen molar-refractivity contribution in [3.63, 3.8) is 0 Å². The zero-order chi connectivity index (χ0) is 28.0. The maximum absolute atomic E-state index is 13.6. The van der Waals surface area contributed by atoms with Gasteiger partial charge in [-0.15, -0.1) is 0 Å². The first kappa shape index (κ1) is 28.6. The van der Waals surface area contributed by atoms with Crippen LogP contribution in [-0.4, -0.2) is 68.9 Å². The van der Waals surface area contributed by atoms with E-state index in [-0.39, 0.29) is 18.9 Å². The van der Waals surface area contributed by atoms with Gasteiger partial charge in [-0.25, -0.2) is 4.79 Å². The fourth-order valence-electron chi connectivity index (χ4n) is 4.35. The van der Waals surface area contributed by atoms with E-state index in [0.29, 0.717) is 11.3 Å². The Bertz CT molecular complexity index is 1190. The molecule has 202 valence electrons. The summed E-state index contributed by atoms with van der Waals surface area (Å²) in [6, 6.07) is 17.1. The van der Waals surface area contributed by atoms with E-state index >= 15 is 0 Å². The molecule has 0 radical (unpaired) electrons. The number of benzene rings is 2. The number of esters is 1. The highest BCUT2D eigenvalue weighted by Crippen LogP contribution is 2.32. The van der Waals surface area contributed by atoms with Crippen LogP contribution in [0.3, 0.4) is 0 Å². The van der Waals surface area contributed by atoms with Crippen molar-refractivity contribution in [2.45, 2.75) is 64.8 Å². The van der Waals surface area contributed by atoms with Gasteiger partial charge in [-0.05, 0) is 45.2 Å². The van der Waals surface area contributed by atoms with Crippen LogP contribution in [0.25, 0.3) is 5.70 Å². The van der Waals surface area contributed by atoms with Gasteiger partial charge in [-0.2, -0.15) is 0 Å². The van der Waals surface area contributed by atoms with Gasteiger partial charge < -0.3 is 20.1 Å². The lowest BCUT2D eigenvalue weighted by atomic mass is 9.95. The van der Waals surface area contributed by atoms with Crippen molar-refractivity contribution >= 4 is 29.4 Å². The van der Waals surface area contributed by atoms with E-state index in [0.717, 1.165) is 5.56 Å². The van der Waals surface area contributed by atoms with Gasteiger partial charge in [0, 0.05) is 13.1 Å². The van der Waals surface area contributed by atoms with Crippen LogP contribution in [0.15, 0.2) is 66.9 Å². The molecule has 2 N–H and O–H groups in total. The molecule has 2 atom stereocenters. The molecule has 9 heteroatoms. The second kappa shape index (κ2) is 12.0. The fraction of sp³-hybridized carbons (Fsp3) is 0.379. The topological polar surface area (TPSA) is 116 Å². The molecule has 38 heavy (non-hydrogen) atoms. The van der Waals surface area contributed by atoms with Crippen molar-refractivity contribution in [1.82, 2.24) is 15.1 Å². The molecule has 2 aromatic carbocycles. The molecule has 0 aliphatic carbocycles. The Morgan fingerprint density at radius 3 is 2.13 bits per heavy atom. The van der Waals surface area contributed by atoms with Crippen LogP contribution >= 0.6 is 0 Å². The summed E-state index contributed by atoms with van der Waals surface area (Å²) in [4.78, 5) is 54.5.